The minimum absolute atomic E-state index is 0.0769. The van der Waals surface area contributed by atoms with Gasteiger partial charge in [-0.2, -0.15) is 0 Å². The van der Waals surface area contributed by atoms with Crippen molar-refractivity contribution in [3.05, 3.63) is 87.9 Å². The Labute approximate surface area is 214 Å². The van der Waals surface area contributed by atoms with E-state index in [1.54, 1.807) is 36.4 Å². The molecule has 1 saturated heterocycles. The first kappa shape index (κ1) is 25.1. The Morgan fingerprint density at radius 1 is 1.00 bits per heavy atom. The zero-order chi connectivity index (χ0) is 26.0. The number of Topliss-reactive ketones (excluding diaryl/α,β-unsaturated/α-hetero) is 1. The maximum Gasteiger partial charge on any atom is 0.300 e. The van der Waals surface area contributed by atoms with Gasteiger partial charge >= 0.3 is 0 Å². The lowest BCUT2D eigenvalue weighted by atomic mass is 9.94. The number of ketones is 1. The van der Waals surface area contributed by atoms with Crippen molar-refractivity contribution in [1.82, 2.24) is 0 Å². The molecule has 1 unspecified atom stereocenters. The number of ether oxygens (including phenoxy) is 3. The van der Waals surface area contributed by atoms with Crippen molar-refractivity contribution in [3.8, 4) is 17.2 Å². The van der Waals surface area contributed by atoms with Gasteiger partial charge in [0.15, 0.2) is 0 Å². The van der Waals surface area contributed by atoms with Gasteiger partial charge in [0.25, 0.3) is 11.7 Å². The summed E-state index contributed by atoms with van der Waals surface area (Å²) >= 11 is 6.33. The quantitative estimate of drug-likeness (QED) is 0.251. The number of nitrogens with zero attached hydrogens (tertiary/aromatic N) is 1. The van der Waals surface area contributed by atoms with Crippen LogP contribution in [0.1, 0.15) is 29.7 Å². The average molecular weight is 508 g/mol. The van der Waals surface area contributed by atoms with Gasteiger partial charge < -0.3 is 19.3 Å². The Bertz CT molecular complexity index is 1350. The van der Waals surface area contributed by atoms with Crippen LogP contribution in [0.2, 0.25) is 5.02 Å². The lowest BCUT2D eigenvalue weighted by Gasteiger charge is -2.27. The summed E-state index contributed by atoms with van der Waals surface area (Å²) in [7, 11) is 2.88. The normalized spacial score (nSPS) is 16.8. The Morgan fingerprint density at radius 2 is 1.67 bits per heavy atom. The maximum atomic E-state index is 13.4. The molecule has 186 valence electrons. The Morgan fingerprint density at radius 3 is 2.28 bits per heavy atom. The average Bonchev–Trinajstić information content (AvgIpc) is 3.14. The van der Waals surface area contributed by atoms with E-state index < -0.39 is 23.5 Å². The third kappa shape index (κ3) is 4.38. The molecule has 0 aromatic heterocycles. The number of aryl methyl sites for hydroxylation is 1. The molecule has 3 aromatic carbocycles. The van der Waals surface area contributed by atoms with Gasteiger partial charge in [0, 0.05) is 11.8 Å². The number of rotatable bonds is 7. The number of anilines is 1. The molecule has 7 nitrogen and oxygen atoms in total. The Balaban J connectivity index is 1.97. The van der Waals surface area contributed by atoms with Crippen molar-refractivity contribution in [2.45, 2.75) is 19.9 Å². The molecule has 0 saturated carbocycles. The highest BCUT2D eigenvalue weighted by atomic mass is 35.5. The predicted octanol–water partition coefficient (Wildman–Crippen LogP) is 5.69. The lowest BCUT2D eigenvalue weighted by Crippen LogP contribution is -2.30. The van der Waals surface area contributed by atoms with Crippen LogP contribution < -0.4 is 19.1 Å². The molecule has 0 radical (unpaired) electrons. The number of carbonyl (C=O) groups is 2. The number of hydrogen-bond acceptors (Lipinski definition) is 6. The highest BCUT2D eigenvalue weighted by Crippen LogP contribution is 2.45. The summed E-state index contributed by atoms with van der Waals surface area (Å²) in [6.45, 7) is 4.24. The molecule has 1 fully saturated rings. The molecule has 1 aliphatic rings. The Hall–Kier alpha value is -3.97. The first-order valence-electron chi connectivity index (χ1n) is 11.3. The van der Waals surface area contributed by atoms with E-state index in [1.165, 1.54) is 31.3 Å². The van der Waals surface area contributed by atoms with E-state index in [0.717, 1.165) is 5.56 Å². The highest BCUT2D eigenvalue weighted by Gasteiger charge is 2.47. The first-order chi connectivity index (χ1) is 17.3. The predicted molar refractivity (Wildman–Crippen MR) is 138 cm³/mol. The fourth-order valence-corrected chi connectivity index (χ4v) is 4.57. The number of para-hydroxylation sites is 1. The van der Waals surface area contributed by atoms with Crippen molar-refractivity contribution in [2.75, 3.05) is 25.7 Å². The van der Waals surface area contributed by atoms with E-state index >= 15 is 0 Å². The number of carbonyl (C=O) groups excluding carboxylic acids is 2. The van der Waals surface area contributed by atoms with Gasteiger partial charge in [-0.15, -0.1) is 0 Å². The van der Waals surface area contributed by atoms with E-state index in [4.69, 9.17) is 25.8 Å². The van der Waals surface area contributed by atoms with E-state index in [1.807, 2.05) is 26.0 Å². The van der Waals surface area contributed by atoms with Crippen molar-refractivity contribution < 1.29 is 28.9 Å². The minimum Gasteiger partial charge on any atom is -0.507 e. The maximum absolute atomic E-state index is 13.4. The third-order valence-electron chi connectivity index (χ3n) is 6.06. The SMILES string of the molecule is CCOc1ccc(C2/C(=C(\O)c3cc(Cl)c(OC)cc3OC)C(=O)C(=O)N2c2ccccc2C)cc1. The molecule has 1 heterocycles. The van der Waals surface area contributed by atoms with Crippen molar-refractivity contribution >= 4 is 34.7 Å². The fourth-order valence-electron chi connectivity index (χ4n) is 4.33. The van der Waals surface area contributed by atoms with Gasteiger partial charge in [0.05, 0.1) is 43.0 Å². The monoisotopic (exact) mass is 507 g/mol. The molecular weight excluding hydrogens is 482 g/mol. The van der Waals surface area contributed by atoms with Crippen molar-refractivity contribution in [3.63, 3.8) is 0 Å². The summed E-state index contributed by atoms with van der Waals surface area (Å²) in [6, 6.07) is 16.4. The van der Waals surface area contributed by atoms with Crippen LogP contribution in [0.5, 0.6) is 17.2 Å². The standard InChI is InChI=1S/C28H26ClNO6/c1-5-36-18-12-10-17(11-13-18)25-24(26(31)19-14-20(29)23(35-4)15-22(19)34-3)27(32)28(33)30(25)21-9-7-6-8-16(21)2/h6-15,25,31H,5H2,1-4H3/b26-24+. The molecule has 4 rings (SSSR count). The molecule has 3 aromatic rings. The molecule has 8 heteroatoms. The second kappa shape index (κ2) is 10.3. The van der Waals surface area contributed by atoms with Crippen LogP contribution >= 0.6 is 11.6 Å². The second-order valence-corrected chi connectivity index (χ2v) is 8.55. The zero-order valence-electron chi connectivity index (χ0n) is 20.4. The van der Waals surface area contributed by atoms with Crippen molar-refractivity contribution in [1.29, 1.82) is 0 Å². The van der Waals surface area contributed by atoms with Crippen LogP contribution in [0.4, 0.5) is 5.69 Å². The van der Waals surface area contributed by atoms with Crippen LogP contribution in [-0.4, -0.2) is 37.6 Å². The largest absolute Gasteiger partial charge is 0.507 e. The van der Waals surface area contributed by atoms with Gasteiger partial charge in [-0.3, -0.25) is 14.5 Å². The highest BCUT2D eigenvalue weighted by molar-refractivity contribution is 6.52. The van der Waals surface area contributed by atoms with Crippen molar-refractivity contribution in [2.24, 2.45) is 0 Å². The lowest BCUT2D eigenvalue weighted by molar-refractivity contribution is -0.132. The summed E-state index contributed by atoms with van der Waals surface area (Å²) in [6.07, 6.45) is 0. The second-order valence-electron chi connectivity index (χ2n) is 8.14. The van der Waals surface area contributed by atoms with Gasteiger partial charge in [-0.1, -0.05) is 41.9 Å². The number of halogens is 1. The summed E-state index contributed by atoms with van der Waals surface area (Å²) in [5.41, 5.74) is 2.09. The fraction of sp³-hybridized carbons (Fsp3) is 0.214. The number of methoxy groups -OCH3 is 2. The molecule has 0 bridgehead atoms. The van der Waals surface area contributed by atoms with Crippen LogP contribution in [0.3, 0.4) is 0 Å². The van der Waals surface area contributed by atoms with Crippen LogP contribution in [0.15, 0.2) is 66.2 Å². The van der Waals surface area contributed by atoms with E-state index in [0.29, 0.717) is 29.4 Å². The molecular formula is C28H26ClNO6. The molecule has 1 aliphatic heterocycles. The molecule has 0 spiro atoms. The van der Waals surface area contributed by atoms with Crippen LogP contribution in [0, 0.1) is 6.92 Å². The smallest absolute Gasteiger partial charge is 0.300 e. The van der Waals surface area contributed by atoms with Gasteiger partial charge in [-0.25, -0.2) is 0 Å². The number of amides is 1. The molecule has 1 amide bonds. The summed E-state index contributed by atoms with van der Waals surface area (Å²) < 4.78 is 16.2. The molecule has 36 heavy (non-hydrogen) atoms. The molecule has 1 N–H and O–H groups in total. The Kier molecular flexibility index (Phi) is 7.22. The van der Waals surface area contributed by atoms with Gasteiger partial charge in [0.1, 0.15) is 23.0 Å². The third-order valence-corrected chi connectivity index (χ3v) is 6.35. The minimum atomic E-state index is -0.896. The molecule has 1 atom stereocenters. The summed E-state index contributed by atoms with van der Waals surface area (Å²) in [4.78, 5) is 28.3. The van der Waals surface area contributed by atoms with Crippen LogP contribution in [-0.2, 0) is 9.59 Å². The topological polar surface area (TPSA) is 85.3 Å². The molecule has 0 aliphatic carbocycles. The van der Waals surface area contributed by atoms with E-state index in [2.05, 4.69) is 0 Å². The number of hydrogen-bond donors (Lipinski definition) is 1. The van der Waals surface area contributed by atoms with Gasteiger partial charge in [-0.05, 0) is 49.2 Å². The summed E-state index contributed by atoms with van der Waals surface area (Å²) in [5.74, 6) is -0.732. The zero-order valence-corrected chi connectivity index (χ0v) is 21.1. The van der Waals surface area contributed by atoms with E-state index in [-0.39, 0.29) is 21.9 Å². The number of aliphatic hydroxyl groups excluding tert-OH is 1. The van der Waals surface area contributed by atoms with Gasteiger partial charge in [0.2, 0.25) is 0 Å². The van der Waals surface area contributed by atoms with Crippen LogP contribution in [0.25, 0.3) is 5.76 Å². The first-order valence-corrected chi connectivity index (χ1v) is 11.7. The summed E-state index contributed by atoms with van der Waals surface area (Å²) in [5, 5.41) is 11.7. The van der Waals surface area contributed by atoms with E-state index in [9.17, 15) is 14.7 Å². The number of aliphatic hydroxyl groups is 1. The number of benzene rings is 3.